The molecule has 1 aromatic carbocycles. The summed E-state index contributed by atoms with van der Waals surface area (Å²) >= 11 is 1.68. The standard InChI is InChI=1S/C18H26N2O2S/c1-12(2)16(21)19(5)10-11-20-17(22)14(4)23-18(20)15-8-6-13(3)7-9-15/h6-9,12,14,18H,10-11H2,1-5H3. The van der Waals surface area contributed by atoms with Crippen molar-refractivity contribution in [3.8, 4) is 0 Å². The van der Waals surface area contributed by atoms with E-state index < -0.39 is 0 Å². The Bertz CT molecular complexity index is 571. The van der Waals surface area contributed by atoms with Crippen LogP contribution in [0.3, 0.4) is 0 Å². The van der Waals surface area contributed by atoms with Crippen molar-refractivity contribution in [1.82, 2.24) is 9.80 Å². The lowest BCUT2D eigenvalue weighted by molar-refractivity contribution is -0.135. The van der Waals surface area contributed by atoms with Gasteiger partial charge in [0, 0.05) is 26.1 Å². The highest BCUT2D eigenvalue weighted by Crippen LogP contribution is 2.42. The molecule has 5 heteroatoms. The van der Waals surface area contributed by atoms with Crippen LogP contribution in [-0.4, -0.2) is 47.0 Å². The van der Waals surface area contributed by atoms with Crippen LogP contribution in [0.1, 0.15) is 37.3 Å². The second-order valence-corrected chi connectivity index (χ2v) is 7.91. The molecule has 0 N–H and O–H groups in total. The van der Waals surface area contributed by atoms with E-state index in [-0.39, 0.29) is 28.4 Å². The summed E-state index contributed by atoms with van der Waals surface area (Å²) in [5.74, 6) is 0.255. The van der Waals surface area contributed by atoms with Gasteiger partial charge in [0.25, 0.3) is 0 Å². The van der Waals surface area contributed by atoms with Gasteiger partial charge in [-0.05, 0) is 19.4 Å². The van der Waals surface area contributed by atoms with Crippen molar-refractivity contribution in [3.05, 3.63) is 35.4 Å². The zero-order valence-corrected chi connectivity index (χ0v) is 15.4. The Hall–Kier alpha value is -1.49. The summed E-state index contributed by atoms with van der Waals surface area (Å²) in [6.07, 6.45) is 0. The van der Waals surface area contributed by atoms with Gasteiger partial charge in [0.15, 0.2) is 0 Å². The molecule has 4 nitrogen and oxygen atoms in total. The van der Waals surface area contributed by atoms with Crippen molar-refractivity contribution in [1.29, 1.82) is 0 Å². The van der Waals surface area contributed by atoms with Crippen molar-refractivity contribution in [2.75, 3.05) is 20.1 Å². The van der Waals surface area contributed by atoms with E-state index in [0.29, 0.717) is 13.1 Å². The van der Waals surface area contributed by atoms with E-state index in [1.165, 1.54) is 5.56 Å². The smallest absolute Gasteiger partial charge is 0.236 e. The predicted molar refractivity (Wildman–Crippen MR) is 95.2 cm³/mol. The van der Waals surface area contributed by atoms with Crippen LogP contribution in [0.15, 0.2) is 24.3 Å². The lowest BCUT2D eigenvalue weighted by Crippen LogP contribution is -2.40. The maximum absolute atomic E-state index is 12.5. The molecular weight excluding hydrogens is 308 g/mol. The SMILES string of the molecule is Cc1ccc(C2SC(C)C(=O)N2CCN(C)C(=O)C(C)C)cc1. The quantitative estimate of drug-likeness (QED) is 0.831. The Kier molecular flexibility index (Phi) is 5.74. The van der Waals surface area contributed by atoms with Crippen LogP contribution in [0.4, 0.5) is 0 Å². The zero-order valence-electron chi connectivity index (χ0n) is 14.6. The topological polar surface area (TPSA) is 40.6 Å². The van der Waals surface area contributed by atoms with Gasteiger partial charge >= 0.3 is 0 Å². The van der Waals surface area contributed by atoms with Crippen molar-refractivity contribution in [2.45, 2.75) is 38.3 Å². The third-order valence-corrected chi connectivity index (χ3v) is 5.55. The molecule has 0 aromatic heterocycles. The Morgan fingerprint density at radius 3 is 2.48 bits per heavy atom. The van der Waals surface area contributed by atoms with E-state index in [2.05, 4.69) is 31.2 Å². The van der Waals surface area contributed by atoms with Crippen LogP contribution in [-0.2, 0) is 9.59 Å². The molecule has 0 spiro atoms. The third-order valence-electron chi connectivity index (χ3n) is 4.16. The lowest BCUT2D eigenvalue weighted by Gasteiger charge is -2.27. The first-order valence-electron chi connectivity index (χ1n) is 8.08. The van der Waals surface area contributed by atoms with Crippen LogP contribution < -0.4 is 0 Å². The first-order valence-corrected chi connectivity index (χ1v) is 9.03. The summed E-state index contributed by atoms with van der Waals surface area (Å²) in [6, 6.07) is 8.34. The normalized spacial score (nSPS) is 21.1. The van der Waals surface area contributed by atoms with Crippen molar-refractivity contribution in [3.63, 3.8) is 0 Å². The van der Waals surface area contributed by atoms with Crippen LogP contribution in [0.25, 0.3) is 0 Å². The first-order chi connectivity index (χ1) is 10.8. The largest absolute Gasteiger partial charge is 0.344 e. The molecule has 1 aliphatic heterocycles. The highest BCUT2D eigenvalue weighted by atomic mass is 32.2. The molecule has 23 heavy (non-hydrogen) atoms. The highest BCUT2D eigenvalue weighted by Gasteiger charge is 2.38. The maximum Gasteiger partial charge on any atom is 0.236 e. The van der Waals surface area contributed by atoms with Crippen LogP contribution in [0.5, 0.6) is 0 Å². The molecule has 126 valence electrons. The van der Waals surface area contributed by atoms with Crippen molar-refractivity contribution >= 4 is 23.6 Å². The molecule has 2 unspecified atom stereocenters. The van der Waals surface area contributed by atoms with Gasteiger partial charge in [-0.1, -0.05) is 43.7 Å². The number of nitrogens with zero attached hydrogens (tertiary/aromatic N) is 2. The molecule has 1 heterocycles. The number of likely N-dealkylation sites (N-methyl/N-ethyl adjacent to an activating group) is 1. The minimum absolute atomic E-state index is 0.0181. The third kappa shape index (κ3) is 4.08. The number of carbonyl (C=O) groups is 2. The summed E-state index contributed by atoms with van der Waals surface area (Å²) in [6.45, 7) is 8.95. The fourth-order valence-corrected chi connectivity index (χ4v) is 4.01. The van der Waals surface area contributed by atoms with Crippen LogP contribution >= 0.6 is 11.8 Å². The number of rotatable bonds is 5. The molecule has 1 aromatic rings. The fourth-order valence-electron chi connectivity index (χ4n) is 2.70. The number of benzene rings is 1. The second kappa shape index (κ2) is 7.39. The van der Waals surface area contributed by atoms with Gasteiger partial charge in [-0.15, -0.1) is 11.8 Å². The molecule has 0 radical (unpaired) electrons. The molecule has 0 saturated carbocycles. The summed E-state index contributed by atoms with van der Waals surface area (Å²) in [5.41, 5.74) is 2.36. The number of carbonyl (C=O) groups excluding carboxylic acids is 2. The van der Waals surface area contributed by atoms with Gasteiger partial charge in [-0.2, -0.15) is 0 Å². The molecule has 1 fully saturated rings. The number of thioether (sulfide) groups is 1. The summed E-state index contributed by atoms with van der Waals surface area (Å²) in [7, 11) is 1.81. The van der Waals surface area contributed by atoms with E-state index >= 15 is 0 Å². The van der Waals surface area contributed by atoms with Gasteiger partial charge in [0.05, 0.1) is 5.25 Å². The number of amides is 2. The minimum atomic E-state index is -0.0348. The Labute approximate surface area is 143 Å². The average Bonchev–Trinajstić information content (AvgIpc) is 2.80. The molecule has 2 rings (SSSR count). The first kappa shape index (κ1) is 17.9. The molecular formula is C18H26N2O2S. The van der Waals surface area contributed by atoms with Crippen LogP contribution in [0.2, 0.25) is 0 Å². The minimum Gasteiger partial charge on any atom is -0.344 e. The van der Waals surface area contributed by atoms with Gasteiger partial charge in [0.1, 0.15) is 5.37 Å². The molecule has 0 aliphatic carbocycles. The van der Waals surface area contributed by atoms with E-state index in [9.17, 15) is 9.59 Å². The van der Waals surface area contributed by atoms with E-state index in [1.54, 1.807) is 23.7 Å². The Morgan fingerprint density at radius 1 is 1.30 bits per heavy atom. The van der Waals surface area contributed by atoms with Gasteiger partial charge < -0.3 is 9.80 Å². The summed E-state index contributed by atoms with van der Waals surface area (Å²) in [4.78, 5) is 28.1. The van der Waals surface area contributed by atoms with Gasteiger partial charge in [-0.3, -0.25) is 9.59 Å². The van der Waals surface area contributed by atoms with E-state index in [4.69, 9.17) is 0 Å². The molecule has 2 atom stereocenters. The molecule has 2 amide bonds. The zero-order chi connectivity index (χ0) is 17.1. The Balaban J connectivity index is 2.09. The fraction of sp³-hybridized carbons (Fsp3) is 0.556. The van der Waals surface area contributed by atoms with Crippen molar-refractivity contribution < 1.29 is 9.59 Å². The van der Waals surface area contributed by atoms with Gasteiger partial charge in [0.2, 0.25) is 11.8 Å². The van der Waals surface area contributed by atoms with Gasteiger partial charge in [-0.25, -0.2) is 0 Å². The molecule has 1 saturated heterocycles. The summed E-state index contributed by atoms with van der Waals surface area (Å²) < 4.78 is 0. The Morgan fingerprint density at radius 2 is 1.91 bits per heavy atom. The van der Waals surface area contributed by atoms with Crippen LogP contribution in [0, 0.1) is 12.8 Å². The summed E-state index contributed by atoms with van der Waals surface area (Å²) in [5, 5.41) is 0.00746. The molecule has 1 aliphatic rings. The number of hydrogen-bond acceptors (Lipinski definition) is 3. The van der Waals surface area contributed by atoms with E-state index in [1.807, 2.05) is 25.7 Å². The number of aryl methyl sites for hydroxylation is 1. The number of hydrogen-bond donors (Lipinski definition) is 0. The average molecular weight is 334 g/mol. The van der Waals surface area contributed by atoms with Crippen molar-refractivity contribution in [2.24, 2.45) is 5.92 Å². The predicted octanol–water partition coefficient (Wildman–Crippen LogP) is 3.07. The van der Waals surface area contributed by atoms with E-state index in [0.717, 1.165) is 5.56 Å². The lowest BCUT2D eigenvalue weighted by atomic mass is 10.1. The monoisotopic (exact) mass is 334 g/mol. The second-order valence-electron chi connectivity index (χ2n) is 6.49. The molecule has 0 bridgehead atoms. The highest BCUT2D eigenvalue weighted by molar-refractivity contribution is 8.01. The maximum atomic E-state index is 12.5.